The van der Waals surface area contributed by atoms with Gasteiger partial charge in [-0.05, 0) is 65.9 Å². The van der Waals surface area contributed by atoms with Crippen molar-refractivity contribution in [1.82, 2.24) is 25.5 Å². The summed E-state index contributed by atoms with van der Waals surface area (Å²) in [6, 6.07) is 17.9. The van der Waals surface area contributed by atoms with E-state index in [2.05, 4.69) is 33.0 Å². The number of aromatic nitrogens is 4. The van der Waals surface area contributed by atoms with Crippen LogP contribution in [0.2, 0.25) is 0 Å². The molecular weight excluding hydrogens is 403 g/mol. The molecule has 0 amide bonds. The first-order valence-corrected chi connectivity index (χ1v) is 11.9. The van der Waals surface area contributed by atoms with Gasteiger partial charge in [-0.25, -0.2) is 9.07 Å². The molecule has 32 heavy (non-hydrogen) atoms. The summed E-state index contributed by atoms with van der Waals surface area (Å²) in [4.78, 5) is 0. The van der Waals surface area contributed by atoms with Crippen LogP contribution in [0.5, 0.6) is 0 Å². The van der Waals surface area contributed by atoms with E-state index in [0.717, 1.165) is 48.5 Å². The van der Waals surface area contributed by atoms with Gasteiger partial charge in [0.25, 0.3) is 0 Å². The molecule has 7 heteroatoms. The summed E-state index contributed by atoms with van der Waals surface area (Å²) in [6.07, 6.45) is 6.15. The van der Waals surface area contributed by atoms with Crippen molar-refractivity contribution < 1.29 is 8.87 Å². The topological polar surface area (TPSA) is 55.6 Å². The fourth-order valence-corrected chi connectivity index (χ4v) is 5.87. The highest BCUT2D eigenvalue weighted by molar-refractivity contribution is 5.24. The van der Waals surface area contributed by atoms with Crippen molar-refractivity contribution in [3.63, 3.8) is 0 Å². The second kappa shape index (κ2) is 9.46. The molecule has 0 radical (unpaired) electrons. The quantitative estimate of drug-likeness (QED) is 0.600. The fraction of sp³-hybridized carbons (Fsp3) is 0.480. The van der Waals surface area contributed by atoms with Gasteiger partial charge in [-0.15, -0.1) is 5.10 Å². The molecule has 1 aliphatic heterocycles. The summed E-state index contributed by atoms with van der Waals surface area (Å²) >= 11 is 0. The molecule has 1 N–H and O–H groups in total. The molecule has 5 rings (SSSR count). The van der Waals surface area contributed by atoms with E-state index in [-0.39, 0.29) is 11.9 Å². The van der Waals surface area contributed by atoms with Crippen molar-refractivity contribution in [3.8, 4) is 0 Å². The Labute approximate surface area is 189 Å². The van der Waals surface area contributed by atoms with Crippen LogP contribution in [0.25, 0.3) is 0 Å². The average Bonchev–Trinajstić information content (AvgIpc) is 3.45. The summed E-state index contributed by atoms with van der Waals surface area (Å²) in [5.74, 6) is 0.676. The largest absolute Gasteiger partial charge is 0.311 e. The van der Waals surface area contributed by atoms with Gasteiger partial charge in [0, 0.05) is 25.1 Å². The summed E-state index contributed by atoms with van der Waals surface area (Å²) in [6.45, 7) is 4.76. The Balaban J connectivity index is 1.63. The Morgan fingerprint density at radius 3 is 2.53 bits per heavy atom. The second-order valence-electron chi connectivity index (χ2n) is 9.23. The number of nitrogens with zero attached hydrogens (tertiary/aromatic N) is 5. The highest BCUT2D eigenvalue weighted by Gasteiger charge is 2.48. The van der Waals surface area contributed by atoms with Crippen molar-refractivity contribution in [3.05, 3.63) is 77.4 Å². The molecule has 1 saturated carbocycles. The maximum Gasteiger partial charge on any atom is 0.214 e. The molecule has 2 unspecified atom stereocenters. The van der Waals surface area contributed by atoms with E-state index in [1.807, 2.05) is 35.0 Å². The van der Waals surface area contributed by atoms with Gasteiger partial charge in [0.1, 0.15) is 5.82 Å². The lowest BCUT2D eigenvalue weighted by Crippen LogP contribution is -2.59. The van der Waals surface area contributed by atoms with Crippen molar-refractivity contribution >= 4 is 0 Å². The van der Waals surface area contributed by atoms with Crippen LogP contribution in [0.4, 0.5) is 4.39 Å². The molecule has 1 saturated heterocycles. The zero-order chi connectivity index (χ0) is 21.8. The zero-order valence-electron chi connectivity index (χ0n) is 18.5. The van der Waals surface area contributed by atoms with Crippen molar-refractivity contribution in [2.75, 3.05) is 26.2 Å². The van der Waals surface area contributed by atoms with E-state index < -0.39 is 0 Å². The lowest BCUT2D eigenvalue weighted by Gasteiger charge is -2.48. The van der Waals surface area contributed by atoms with Crippen LogP contribution < -0.4 is 5.32 Å². The first-order chi connectivity index (χ1) is 15.8. The third-order valence-electron chi connectivity index (χ3n) is 7.36. The van der Waals surface area contributed by atoms with Crippen molar-refractivity contribution in [1.29, 1.82) is 0 Å². The van der Waals surface area contributed by atoms with E-state index in [1.54, 1.807) is 12.1 Å². The first kappa shape index (κ1) is 21.2. The normalized spacial score (nSPS) is 23.2. The highest BCUT2D eigenvalue weighted by atomic mass is 19.1. The molecule has 6 nitrogen and oxygen atoms in total. The number of hydrogen-bond donors (Lipinski definition) is 1. The standard InChI is InChI=1S/C25H32FN6/c26-22-13-11-21(12-14-22)24(25-28-29-30-31(25)19-20-7-2-1-3-8-20)32(23-9-4-5-10-23)17-6-15-27-16-18-32/h1-3,7-8,11-14,23-24,27H,4-6,9-10,15-19H2/q+1. The third kappa shape index (κ3) is 4.19. The van der Waals surface area contributed by atoms with Crippen molar-refractivity contribution in [2.24, 2.45) is 0 Å². The summed E-state index contributed by atoms with van der Waals surface area (Å²) in [5.41, 5.74) is 2.27. The van der Waals surface area contributed by atoms with Gasteiger partial charge in [-0.2, -0.15) is 0 Å². The molecule has 2 aliphatic rings. The molecule has 168 valence electrons. The average molecular weight is 436 g/mol. The van der Waals surface area contributed by atoms with Crippen LogP contribution in [0.1, 0.15) is 55.1 Å². The first-order valence-electron chi connectivity index (χ1n) is 11.9. The summed E-state index contributed by atoms with van der Waals surface area (Å²) in [5, 5.41) is 16.7. The van der Waals surface area contributed by atoms with E-state index >= 15 is 0 Å². The number of benzene rings is 2. The molecule has 1 aromatic heterocycles. The van der Waals surface area contributed by atoms with Crippen LogP contribution in [-0.4, -0.2) is 56.9 Å². The van der Waals surface area contributed by atoms with Gasteiger partial charge in [-0.3, -0.25) is 0 Å². The minimum Gasteiger partial charge on any atom is -0.311 e. The monoisotopic (exact) mass is 435 g/mol. The third-order valence-corrected chi connectivity index (χ3v) is 7.36. The molecule has 2 heterocycles. The molecule has 1 aliphatic carbocycles. The van der Waals surface area contributed by atoms with E-state index in [1.165, 1.54) is 31.2 Å². The maximum atomic E-state index is 13.9. The van der Waals surface area contributed by atoms with E-state index in [4.69, 9.17) is 0 Å². The summed E-state index contributed by atoms with van der Waals surface area (Å²) in [7, 11) is 0. The van der Waals surface area contributed by atoms with Gasteiger partial charge in [0.15, 0.2) is 6.04 Å². The van der Waals surface area contributed by atoms with Crippen LogP contribution in [0.3, 0.4) is 0 Å². The molecule has 3 aromatic rings. The number of halogens is 1. The zero-order valence-corrected chi connectivity index (χ0v) is 18.5. The van der Waals surface area contributed by atoms with E-state index in [9.17, 15) is 4.39 Å². The Bertz CT molecular complexity index is 989. The number of rotatable bonds is 6. The van der Waals surface area contributed by atoms with E-state index in [0.29, 0.717) is 12.6 Å². The molecular formula is C25H32FN6+. The predicted octanol–water partition coefficient (Wildman–Crippen LogP) is 3.70. The van der Waals surface area contributed by atoms with Crippen LogP contribution in [0.15, 0.2) is 54.6 Å². The smallest absolute Gasteiger partial charge is 0.214 e. The van der Waals surface area contributed by atoms with Gasteiger partial charge < -0.3 is 9.80 Å². The Morgan fingerprint density at radius 2 is 1.75 bits per heavy atom. The van der Waals surface area contributed by atoms with Gasteiger partial charge in [0.05, 0.1) is 25.7 Å². The Morgan fingerprint density at radius 1 is 0.969 bits per heavy atom. The SMILES string of the molecule is Fc1ccc(C(c2nnnn2Cc2ccccc2)[N+]2(C3CCCC3)CCCNCC2)cc1. The van der Waals surface area contributed by atoms with Gasteiger partial charge in [0.2, 0.25) is 5.82 Å². The highest BCUT2D eigenvalue weighted by Crippen LogP contribution is 2.42. The molecule has 2 atom stereocenters. The minimum atomic E-state index is -0.207. The van der Waals surface area contributed by atoms with Gasteiger partial charge >= 0.3 is 0 Å². The maximum absolute atomic E-state index is 13.9. The minimum absolute atomic E-state index is 0.0164. The number of tetrazole rings is 1. The fourth-order valence-electron chi connectivity index (χ4n) is 5.87. The predicted molar refractivity (Wildman–Crippen MR) is 121 cm³/mol. The molecule has 0 spiro atoms. The Hall–Kier alpha value is -2.64. The van der Waals surface area contributed by atoms with Crippen LogP contribution >= 0.6 is 0 Å². The molecule has 2 fully saturated rings. The lowest BCUT2D eigenvalue weighted by molar-refractivity contribution is -0.972. The number of quaternary nitrogens is 1. The number of hydrogen-bond acceptors (Lipinski definition) is 4. The lowest BCUT2D eigenvalue weighted by atomic mass is 9.96. The summed E-state index contributed by atoms with van der Waals surface area (Å²) < 4.78 is 16.8. The van der Waals surface area contributed by atoms with Crippen molar-refractivity contribution in [2.45, 2.75) is 50.7 Å². The van der Waals surface area contributed by atoms with Crippen LogP contribution in [0, 0.1) is 5.82 Å². The van der Waals surface area contributed by atoms with Gasteiger partial charge in [-0.1, -0.05) is 30.3 Å². The van der Waals surface area contributed by atoms with Crippen LogP contribution in [-0.2, 0) is 6.54 Å². The second-order valence-corrected chi connectivity index (χ2v) is 9.23. The molecule has 0 bridgehead atoms. The Kier molecular flexibility index (Phi) is 6.28. The number of nitrogens with one attached hydrogen (secondary N) is 1. The molecule has 2 aromatic carbocycles.